The number of carbonyl (C=O) groups is 1. The van der Waals surface area contributed by atoms with E-state index in [0.717, 1.165) is 12.1 Å². The van der Waals surface area contributed by atoms with Gasteiger partial charge in [0.2, 0.25) is 0 Å². The summed E-state index contributed by atoms with van der Waals surface area (Å²) in [6.45, 7) is 2.23. The molecule has 4 N–H and O–H groups in total. The molecule has 2 rings (SSSR count). The molecule has 1 saturated carbocycles. The molecule has 1 aliphatic carbocycles. The van der Waals surface area contributed by atoms with Crippen molar-refractivity contribution in [3.05, 3.63) is 23.8 Å². The van der Waals surface area contributed by atoms with Gasteiger partial charge in [-0.25, -0.2) is 4.79 Å². The topological polar surface area (TPSA) is 75.3 Å². The highest BCUT2D eigenvalue weighted by atomic mass is 16.4. The maximum atomic E-state index is 11.0. The minimum Gasteiger partial charge on any atom is -0.478 e. The number of nitrogens with one attached hydrogen (secondary N) is 1. The number of nitrogens with two attached hydrogens (primary N) is 1. The van der Waals surface area contributed by atoms with Gasteiger partial charge in [0.25, 0.3) is 0 Å². The number of hydrogen-bond donors (Lipinski definition) is 3. The predicted molar refractivity (Wildman–Crippen MR) is 72.9 cm³/mol. The zero-order valence-electron chi connectivity index (χ0n) is 10.6. The second kappa shape index (κ2) is 5.29. The van der Waals surface area contributed by atoms with Crippen LogP contribution in [0.2, 0.25) is 0 Å². The summed E-state index contributed by atoms with van der Waals surface area (Å²) in [5.41, 5.74) is 7.52. The number of rotatable bonds is 3. The molecule has 98 valence electrons. The van der Waals surface area contributed by atoms with Crippen molar-refractivity contribution in [3.8, 4) is 0 Å². The molecular formula is C14H20N2O2. The van der Waals surface area contributed by atoms with E-state index in [-0.39, 0.29) is 5.56 Å². The molecule has 0 amide bonds. The number of hydrogen-bond acceptors (Lipinski definition) is 3. The third-order valence-electron chi connectivity index (χ3n) is 3.75. The summed E-state index contributed by atoms with van der Waals surface area (Å²) in [6.07, 6.45) is 4.85. The number of aromatic carboxylic acids is 1. The predicted octanol–water partition coefficient (Wildman–Crippen LogP) is 2.96. The van der Waals surface area contributed by atoms with Crippen molar-refractivity contribution >= 4 is 17.3 Å². The van der Waals surface area contributed by atoms with E-state index in [1.54, 1.807) is 12.1 Å². The van der Waals surface area contributed by atoms with Gasteiger partial charge in [-0.05, 0) is 37.0 Å². The Morgan fingerprint density at radius 3 is 2.78 bits per heavy atom. The van der Waals surface area contributed by atoms with E-state index in [9.17, 15) is 4.79 Å². The summed E-state index contributed by atoms with van der Waals surface area (Å²) in [5, 5.41) is 12.4. The van der Waals surface area contributed by atoms with Crippen LogP contribution in [0.4, 0.5) is 11.4 Å². The third kappa shape index (κ3) is 2.75. The molecule has 0 bridgehead atoms. The minimum absolute atomic E-state index is 0.273. The van der Waals surface area contributed by atoms with Gasteiger partial charge in [0, 0.05) is 6.04 Å². The lowest BCUT2D eigenvalue weighted by molar-refractivity contribution is 0.0697. The molecule has 0 heterocycles. The summed E-state index contributed by atoms with van der Waals surface area (Å²) in [6, 6.07) is 5.20. The highest BCUT2D eigenvalue weighted by molar-refractivity contribution is 5.90. The van der Waals surface area contributed by atoms with Crippen LogP contribution in [0.15, 0.2) is 18.2 Å². The maximum absolute atomic E-state index is 11.0. The minimum atomic E-state index is -0.922. The Bertz CT molecular complexity index is 445. The van der Waals surface area contributed by atoms with Crippen LogP contribution in [0.1, 0.15) is 43.0 Å². The van der Waals surface area contributed by atoms with Gasteiger partial charge in [0.15, 0.2) is 0 Å². The van der Waals surface area contributed by atoms with Crippen LogP contribution in [-0.4, -0.2) is 17.1 Å². The van der Waals surface area contributed by atoms with Gasteiger partial charge >= 0.3 is 5.97 Å². The Balaban J connectivity index is 2.17. The van der Waals surface area contributed by atoms with E-state index in [2.05, 4.69) is 12.2 Å². The average Bonchev–Trinajstić information content (AvgIpc) is 2.34. The molecule has 2 atom stereocenters. The smallest absolute Gasteiger partial charge is 0.335 e. The lowest BCUT2D eigenvalue weighted by atomic mass is 9.86. The van der Waals surface area contributed by atoms with Crippen LogP contribution in [0.5, 0.6) is 0 Å². The van der Waals surface area contributed by atoms with Crippen LogP contribution in [0.25, 0.3) is 0 Å². The highest BCUT2D eigenvalue weighted by Gasteiger charge is 2.21. The monoisotopic (exact) mass is 248 g/mol. The summed E-state index contributed by atoms with van der Waals surface area (Å²) in [5.74, 6) is -0.318. The van der Waals surface area contributed by atoms with Gasteiger partial charge in [-0.15, -0.1) is 0 Å². The van der Waals surface area contributed by atoms with Gasteiger partial charge in [0.1, 0.15) is 0 Å². The van der Waals surface area contributed by atoms with E-state index in [1.807, 2.05) is 0 Å². The Morgan fingerprint density at radius 1 is 1.39 bits per heavy atom. The van der Waals surface area contributed by atoms with E-state index >= 15 is 0 Å². The van der Waals surface area contributed by atoms with Gasteiger partial charge in [-0.1, -0.05) is 19.8 Å². The average molecular weight is 248 g/mol. The van der Waals surface area contributed by atoms with Gasteiger partial charge in [0.05, 0.1) is 16.9 Å². The molecular weight excluding hydrogens is 228 g/mol. The maximum Gasteiger partial charge on any atom is 0.335 e. The quantitative estimate of drug-likeness (QED) is 0.719. The Morgan fingerprint density at radius 2 is 2.11 bits per heavy atom. The SMILES string of the molecule is CC1CCCCC1Nc1cc(C(=O)O)ccc1N. The molecule has 0 saturated heterocycles. The van der Waals surface area contributed by atoms with Crippen molar-refractivity contribution in [1.29, 1.82) is 0 Å². The van der Waals surface area contributed by atoms with Crippen molar-refractivity contribution in [1.82, 2.24) is 0 Å². The molecule has 1 aromatic rings. The summed E-state index contributed by atoms with van der Waals surface area (Å²) in [4.78, 5) is 11.0. The normalized spacial score (nSPS) is 23.6. The second-order valence-electron chi connectivity index (χ2n) is 5.12. The molecule has 4 nitrogen and oxygen atoms in total. The van der Waals surface area contributed by atoms with E-state index in [4.69, 9.17) is 10.8 Å². The molecule has 2 unspecified atom stereocenters. The molecule has 0 spiro atoms. The molecule has 0 aromatic heterocycles. The Kier molecular flexibility index (Phi) is 3.75. The zero-order chi connectivity index (χ0) is 13.1. The summed E-state index contributed by atoms with van der Waals surface area (Å²) >= 11 is 0. The van der Waals surface area contributed by atoms with E-state index < -0.39 is 5.97 Å². The molecule has 1 aromatic carbocycles. The van der Waals surface area contributed by atoms with Crippen molar-refractivity contribution in [2.45, 2.75) is 38.6 Å². The van der Waals surface area contributed by atoms with Crippen LogP contribution >= 0.6 is 0 Å². The van der Waals surface area contributed by atoms with Crippen molar-refractivity contribution in [3.63, 3.8) is 0 Å². The fourth-order valence-corrected chi connectivity index (χ4v) is 2.54. The van der Waals surface area contributed by atoms with Crippen LogP contribution in [0.3, 0.4) is 0 Å². The first-order chi connectivity index (χ1) is 8.58. The largest absolute Gasteiger partial charge is 0.478 e. The summed E-state index contributed by atoms with van der Waals surface area (Å²) in [7, 11) is 0. The van der Waals surface area contributed by atoms with Gasteiger partial charge in [-0.2, -0.15) is 0 Å². The molecule has 1 aliphatic rings. The number of benzene rings is 1. The lowest BCUT2D eigenvalue weighted by Crippen LogP contribution is -2.30. The first kappa shape index (κ1) is 12.7. The molecule has 0 radical (unpaired) electrons. The van der Waals surface area contributed by atoms with Crippen molar-refractivity contribution in [2.75, 3.05) is 11.1 Å². The molecule has 18 heavy (non-hydrogen) atoms. The van der Waals surface area contributed by atoms with Crippen LogP contribution < -0.4 is 11.1 Å². The number of carboxylic acids is 1. The summed E-state index contributed by atoms with van der Waals surface area (Å²) < 4.78 is 0. The molecule has 0 aliphatic heterocycles. The fourth-order valence-electron chi connectivity index (χ4n) is 2.54. The second-order valence-corrected chi connectivity index (χ2v) is 5.12. The van der Waals surface area contributed by atoms with Gasteiger partial charge in [-0.3, -0.25) is 0 Å². The van der Waals surface area contributed by atoms with Crippen molar-refractivity contribution in [2.24, 2.45) is 5.92 Å². The lowest BCUT2D eigenvalue weighted by Gasteiger charge is -2.30. The highest BCUT2D eigenvalue weighted by Crippen LogP contribution is 2.29. The first-order valence-corrected chi connectivity index (χ1v) is 6.47. The first-order valence-electron chi connectivity index (χ1n) is 6.47. The third-order valence-corrected chi connectivity index (χ3v) is 3.75. The van der Waals surface area contributed by atoms with Crippen molar-refractivity contribution < 1.29 is 9.90 Å². The molecule has 1 fully saturated rings. The number of anilines is 2. The Labute approximate surface area is 107 Å². The number of nitrogen functional groups attached to an aromatic ring is 1. The van der Waals surface area contributed by atoms with E-state index in [1.165, 1.54) is 25.3 Å². The van der Waals surface area contributed by atoms with Crippen LogP contribution in [-0.2, 0) is 0 Å². The zero-order valence-corrected chi connectivity index (χ0v) is 10.6. The standard InChI is InChI=1S/C14H20N2O2/c1-9-4-2-3-5-12(9)16-13-8-10(14(17)18)6-7-11(13)15/h6-9,12,16H,2-5,15H2,1H3,(H,17,18). The van der Waals surface area contributed by atoms with Crippen LogP contribution in [0, 0.1) is 5.92 Å². The van der Waals surface area contributed by atoms with Gasteiger partial charge < -0.3 is 16.2 Å². The number of carboxylic acid groups (broad SMARTS) is 1. The molecule has 4 heteroatoms. The Hall–Kier alpha value is -1.71. The van der Waals surface area contributed by atoms with E-state index in [0.29, 0.717) is 17.6 Å². The fraction of sp³-hybridized carbons (Fsp3) is 0.500.